The molecule has 0 spiro atoms. The maximum atomic E-state index is 11.0. The van der Waals surface area contributed by atoms with E-state index in [1.54, 1.807) is 6.07 Å². The van der Waals surface area contributed by atoms with Crippen LogP contribution in [0.4, 0.5) is 5.69 Å². The highest BCUT2D eigenvalue weighted by Crippen LogP contribution is 2.22. The average Bonchev–Trinajstić information content (AvgIpc) is 2.16. The molecule has 2 N–H and O–H groups in total. The molecule has 0 fully saturated rings. The van der Waals surface area contributed by atoms with E-state index in [1.165, 1.54) is 18.2 Å². The van der Waals surface area contributed by atoms with Crippen LogP contribution in [0.2, 0.25) is 0 Å². The summed E-state index contributed by atoms with van der Waals surface area (Å²) >= 11 is 0. The van der Waals surface area contributed by atoms with Gasteiger partial charge in [0.25, 0.3) is 11.6 Å². The van der Waals surface area contributed by atoms with Gasteiger partial charge >= 0.3 is 0 Å². The van der Waals surface area contributed by atoms with Crippen molar-refractivity contribution in [1.82, 2.24) is 0 Å². The van der Waals surface area contributed by atoms with E-state index >= 15 is 0 Å². The maximum absolute atomic E-state index is 11.0. The van der Waals surface area contributed by atoms with E-state index in [-0.39, 0.29) is 11.3 Å². The Bertz CT molecular complexity index is 413. The van der Waals surface area contributed by atoms with Crippen LogP contribution in [0.25, 0.3) is 6.08 Å². The molecular formula is C9H8N2O3. The molecule has 14 heavy (non-hydrogen) atoms. The fraction of sp³-hybridized carbons (Fsp3) is 0. The molecule has 1 aromatic carbocycles. The fourth-order valence-corrected chi connectivity index (χ4v) is 1.15. The van der Waals surface area contributed by atoms with Crippen LogP contribution in [0.15, 0.2) is 24.8 Å². The Morgan fingerprint density at radius 2 is 2.21 bits per heavy atom. The highest BCUT2D eigenvalue weighted by atomic mass is 16.6. The van der Waals surface area contributed by atoms with E-state index < -0.39 is 10.8 Å². The van der Waals surface area contributed by atoms with Crippen LogP contribution in [0.1, 0.15) is 15.9 Å². The number of carbonyl (C=O) groups excluding carboxylic acids is 1. The first-order valence-corrected chi connectivity index (χ1v) is 3.77. The third-order valence-electron chi connectivity index (χ3n) is 1.74. The molecule has 0 saturated carbocycles. The minimum Gasteiger partial charge on any atom is -0.365 e. The van der Waals surface area contributed by atoms with E-state index in [9.17, 15) is 14.9 Å². The number of hydrogen-bond acceptors (Lipinski definition) is 3. The van der Waals surface area contributed by atoms with Crippen molar-refractivity contribution in [2.75, 3.05) is 0 Å². The van der Waals surface area contributed by atoms with E-state index in [0.29, 0.717) is 5.56 Å². The molecule has 5 heteroatoms. The van der Waals surface area contributed by atoms with E-state index in [2.05, 4.69) is 6.58 Å². The molecule has 0 atom stereocenters. The van der Waals surface area contributed by atoms with Gasteiger partial charge in [0, 0.05) is 6.07 Å². The Labute approximate surface area is 80.0 Å². The lowest BCUT2D eigenvalue weighted by molar-refractivity contribution is -0.385. The minimum absolute atomic E-state index is 0.104. The topological polar surface area (TPSA) is 86.2 Å². The number of primary amides is 1. The quantitative estimate of drug-likeness (QED) is 0.579. The molecule has 0 heterocycles. The van der Waals surface area contributed by atoms with Gasteiger partial charge in [0.15, 0.2) is 0 Å². The predicted octanol–water partition coefficient (Wildman–Crippen LogP) is 1.34. The van der Waals surface area contributed by atoms with Crippen molar-refractivity contribution in [3.05, 3.63) is 46.0 Å². The van der Waals surface area contributed by atoms with E-state index in [1.807, 2.05) is 0 Å². The molecule has 1 amide bonds. The molecule has 0 saturated heterocycles. The smallest absolute Gasteiger partial charge is 0.282 e. The van der Waals surface area contributed by atoms with Gasteiger partial charge in [-0.15, -0.1) is 0 Å². The third-order valence-corrected chi connectivity index (χ3v) is 1.74. The summed E-state index contributed by atoms with van der Waals surface area (Å²) in [4.78, 5) is 20.9. The number of carbonyl (C=O) groups is 1. The van der Waals surface area contributed by atoms with Gasteiger partial charge in [-0.25, -0.2) is 0 Å². The summed E-state index contributed by atoms with van der Waals surface area (Å²) < 4.78 is 0. The first-order valence-electron chi connectivity index (χ1n) is 3.77. The van der Waals surface area contributed by atoms with Crippen LogP contribution in [0, 0.1) is 10.1 Å². The second kappa shape index (κ2) is 3.69. The Hall–Kier alpha value is -2.17. The second-order valence-electron chi connectivity index (χ2n) is 2.57. The van der Waals surface area contributed by atoms with Crippen LogP contribution in [0.5, 0.6) is 0 Å². The molecule has 0 aliphatic rings. The zero-order valence-electron chi connectivity index (χ0n) is 7.27. The Balaban J connectivity index is 3.51. The number of hydrogen-bond donors (Lipinski definition) is 1. The van der Waals surface area contributed by atoms with Crippen molar-refractivity contribution >= 4 is 17.7 Å². The maximum Gasteiger partial charge on any atom is 0.282 e. The van der Waals surface area contributed by atoms with Gasteiger partial charge in [0.2, 0.25) is 0 Å². The third kappa shape index (κ3) is 1.61. The van der Waals surface area contributed by atoms with Crippen LogP contribution < -0.4 is 5.73 Å². The highest BCUT2D eigenvalue weighted by Gasteiger charge is 2.20. The first kappa shape index (κ1) is 9.91. The average molecular weight is 192 g/mol. The van der Waals surface area contributed by atoms with Crippen molar-refractivity contribution < 1.29 is 9.72 Å². The Morgan fingerprint density at radius 1 is 1.57 bits per heavy atom. The summed E-state index contributed by atoms with van der Waals surface area (Å²) in [7, 11) is 0. The number of amides is 1. The molecule has 72 valence electrons. The number of nitrogens with zero attached hydrogens (tertiary/aromatic N) is 1. The standard InChI is InChI=1S/C9H8N2O3/c1-2-6-4-3-5-7(11(13)14)8(6)9(10)12/h2-5H,1H2,(H2,10,12). The van der Waals surface area contributed by atoms with Crippen LogP contribution in [-0.2, 0) is 0 Å². The minimum atomic E-state index is -0.827. The van der Waals surface area contributed by atoms with Crippen molar-refractivity contribution in [2.24, 2.45) is 5.73 Å². The highest BCUT2D eigenvalue weighted by molar-refractivity contribution is 6.00. The van der Waals surface area contributed by atoms with E-state index in [4.69, 9.17) is 5.73 Å². The second-order valence-corrected chi connectivity index (χ2v) is 2.57. The Kier molecular flexibility index (Phi) is 2.62. The molecule has 1 rings (SSSR count). The van der Waals surface area contributed by atoms with Gasteiger partial charge in [0.1, 0.15) is 5.56 Å². The summed E-state index contributed by atoms with van der Waals surface area (Å²) in [6.07, 6.45) is 1.35. The monoisotopic (exact) mass is 192 g/mol. The largest absolute Gasteiger partial charge is 0.365 e. The summed E-state index contributed by atoms with van der Waals surface area (Å²) in [5.41, 5.74) is 5.00. The van der Waals surface area contributed by atoms with Crippen LogP contribution >= 0.6 is 0 Å². The molecule has 0 aliphatic heterocycles. The number of benzene rings is 1. The predicted molar refractivity (Wildman–Crippen MR) is 51.7 cm³/mol. The molecule has 5 nitrogen and oxygen atoms in total. The molecule has 0 radical (unpaired) electrons. The summed E-state index contributed by atoms with van der Waals surface area (Å²) in [6.45, 7) is 3.44. The zero-order valence-corrected chi connectivity index (χ0v) is 7.27. The summed E-state index contributed by atoms with van der Waals surface area (Å²) in [5.74, 6) is -0.827. The van der Waals surface area contributed by atoms with Crippen LogP contribution in [0.3, 0.4) is 0 Å². The van der Waals surface area contributed by atoms with Gasteiger partial charge in [-0.1, -0.05) is 24.8 Å². The van der Waals surface area contributed by atoms with Crippen LogP contribution in [-0.4, -0.2) is 10.8 Å². The molecule has 1 aromatic rings. The van der Waals surface area contributed by atoms with Gasteiger partial charge < -0.3 is 5.73 Å². The summed E-state index contributed by atoms with van der Waals surface area (Å²) in [5, 5.41) is 10.6. The van der Waals surface area contributed by atoms with Crippen molar-refractivity contribution in [1.29, 1.82) is 0 Å². The molecule has 0 unspecified atom stereocenters. The molecule has 0 bridgehead atoms. The van der Waals surface area contributed by atoms with Crippen molar-refractivity contribution in [2.45, 2.75) is 0 Å². The number of nitro benzene ring substituents is 1. The molecule has 0 aliphatic carbocycles. The summed E-state index contributed by atoms with van der Waals surface area (Å²) in [6, 6.07) is 4.24. The molecule has 0 aromatic heterocycles. The number of rotatable bonds is 3. The first-order chi connectivity index (χ1) is 6.57. The lowest BCUT2D eigenvalue weighted by Crippen LogP contribution is -2.14. The number of nitrogens with two attached hydrogens (primary N) is 1. The van der Waals surface area contributed by atoms with Gasteiger partial charge in [-0.2, -0.15) is 0 Å². The van der Waals surface area contributed by atoms with Gasteiger partial charge in [-0.3, -0.25) is 14.9 Å². The number of nitro groups is 1. The lowest BCUT2D eigenvalue weighted by Gasteiger charge is -2.01. The normalized spacial score (nSPS) is 9.43. The fourth-order valence-electron chi connectivity index (χ4n) is 1.15. The van der Waals surface area contributed by atoms with Crippen molar-refractivity contribution in [3.63, 3.8) is 0 Å². The van der Waals surface area contributed by atoms with E-state index in [0.717, 1.165) is 0 Å². The Morgan fingerprint density at radius 3 is 2.64 bits per heavy atom. The van der Waals surface area contributed by atoms with Gasteiger partial charge in [-0.05, 0) is 5.56 Å². The van der Waals surface area contributed by atoms with Crippen molar-refractivity contribution in [3.8, 4) is 0 Å². The molecular weight excluding hydrogens is 184 g/mol. The zero-order chi connectivity index (χ0) is 10.7. The lowest BCUT2D eigenvalue weighted by atomic mass is 10.1. The van der Waals surface area contributed by atoms with Gasteiger partial charge in [0.05, 0.1) is 4.92 Å². The SMILES string of the molecule is C=Cc1cccc([N+](=O)[O-])c1C(N)=O.